The van der Waals surface area contributed by atoms with Gasteiger partial charge in [-0.05, 0) is 31.1 Å². The number of hydrazine groups is 1. The molecule has 96 valence electrons. The Labute approximate surface area is 105 Å². The molecule has 3 N–H and O–H groups in total. The smallest absolute Gasteiger partial charge is 0.0329 e. The van der Waals surface area contributed by atoms with E-state index in [9.17, 15) is 0 Å². The van der Waals surface area contributed by atoms with Crippen molar-refractivity contribution in [2.75, 3.05) is 5.75 Å². The normalized spacial score (nSPS) is 30.0. The molecule has 0 aromatic carbocycles. The molecule has 1 saturated carbocycles. The molecule has 0 aliphatic heterocycles. The fourth-order valence-electron chi connectivity index (χ4n) is 2.39. The maximum absolute atomic E-state index is 5.70. The fourth-order valence-corrected chi connectivity index (χ4v) is 3.53. The lowest BCUT2D eigenvalue weighted by atomic mass is 9.80. The molecule has 2 unspecified atom stereocenters. The average Bonchev–Trinajstić information content (AvgIpc) is 2.31. The van der Waals surface area contributed by atoms with E-state index in [0.717, 1.165) is 17.1 Å². The topological polar surface area (TPSA) is 38.0 Å². The van der Waals surface area contributed by atoms with Crippen molar-refractivity contribution in [3.8, 4) is 0 Å². The van der Waals surface area contributed by atoms with Crippen LogP contribution >= 0.6 is 11.8 Å². The second kappa shape index (κ2) is 7.57. The average molecular weight is 244 g/mol. The van der Waals surface area contributed by atoms with Gasteiger partial charge in [-0.2, -0.15) is 11.8 Å². The zero-order valence-corrected chi connectivity index (χ0v) is 11.9. The van der Waals surface area contributed by atoms with E-state index in [1.807, 2.05) is 0 Å². The van der Waals surface area contributed by atoms with Crippen LogP contribution in [-0.4, -0.2) is 17.0 Å². The van der Waals surface area contributed by atoms with E-state index in [1.54, 1.807) is 0 Å². The molecule has 1 fully saturated rings. The Morgan fingerprint density at radius 1 is 1.31 bits per heavy atom. The molecule has 1 aliphatic carbocycles. The zero-order chi connectivity index (χ0) is 12.0. The van der Waals surface area contributed by atoms with E-state index >= 15 is 0 Å². The molecule has 3 heteroatoms. The number of nitrogens with one attached hydrogen (secondary N) is 1. The van der Waals surface area contributed by atoms with Crippen LogP contribution in [-0.2, 0) is 0 Å². The maximum atomic E-state index is 5.70. The summed E-state index contributed by atoms with van der Waals surface area (Å²) in [7, 11) is 0. The molecule has 1 aliphatic rings. The van der Waals surface area contributed by atoms with Crippen molar-refractivity contribution in [3.63, 3.8) is 0 Å². The second-order valence-electron chi connectivity index (χ2n) is 5.35. The Balaban J connectivity index is 2.30. The van der Waals surface area contributed by atoms with E-state index < -0.39 is 0 Å². The van der Waals surface area contributed by atoms with Gasteiger partial charge in [0.15, 0.2) is 0 Å². The predicted octanol–water partition coefficient (Wildman–Crippen LogP) is 3.18. The highest BCUT2D eigenvalue weighted by atomic mass is 32.2. The first kappa shape index (κ1) is 14.3. The van der Waals surface area contributed by atoms with Crippen LogP contribution in [0, 0.1) is 11.8 Å². The van der Waals surface area contributed by atoms with Crippen molar-refractivity contribution in [1.82, 2.24) is 5.43 Å². The van der Waals surface area contributed by atoms with Crippen LogP contribution in [0.4, 0.5) is 0 Å². The van der Waals surface area contributed by atoms with Gasteiger partial charge >= 0.3 is 0 Å². The summed E-state index contributed by atoms with van der Waals surface area (Å²) in [6.45, 7) is 6.93. The SMILES string of the molecule is CCC(C)SCC(NN)C1CCC(C)CC1. The maximum Gasteiger partial charge on any atom is 0.0329 e. The summed E-state index contributed by atoms with van der Waals surface area (Å²) in [6.07, 6.45) is 6.74. The van der Waals surface area contributed by atoms with Crippen LogP contribution in [0.1, 0.15) is 52.9 Å². The summed E-state index contributed by atoms with van der Waals surface area (Å²) in [4.78, 5) is 0. The summed E-state index contributed by atoms with van der Waals surface area (Å²) in [5, 5.41) is 0.762. The highest BCUT2D eigenvalue weighted by Crippen LogP contribution is 2.31. The number of hydrogen-bond acceptors (Lipinski definition) is 3. The van der Waals surface area contributed by atoms with Crippen molar-refractivity contribution in [1.29, 1.82) is 0 Å². The van der Waals surface area contributed by atoms with Crippen LogP contribution in [0.15, 0.2) is 0 Å². The first-order chi connectivity index (χ1) is 7.67. The van der Waals surface area contributed by atoms with Gasteiger partial charge in [-0.1, -0.05) is 33.6 Å². The van der Waals surface area contributed by atoms with E-state index in [1.165, 1.54) is 37.9 Å². The van der Waals surface area contributed by atoms with E-state index in [0.29, 0.717) is 6.04 Å². The molecule has 2 atom stereocenters. The molecule has 0 aromatic rings. The van der Waals surface area contributed by atoms with Crippen LogP contribution < -0.4 is 11.3 Å². The molecule has 16 heavy (non-hydrogen) atoms. The van der Waals surface area contributed by atoms with Crippen molar-refractivity contribution < 1.29 is 0 Å². The van der Waals surface area contributed by atoms with Gasteiger partial charge in [-0.3, -0.25) is 11.3 Å². The molecular weight excluding hydrogens is 216 g/mol. The van der Waals surface area contributed by atoms with Crippen LogP contribution in [0.5, 0.6) is 0 Å². The molecule has 2 nitrogen and oxygen atoms in total. The Morgan fingerprint density at radius 3 is 2.44 bits per heavy atom. The van der Waals surface area contributed by atoms with Crippen LogP contribution in [0.3, 0.4) is 0 Å². The summed E-state index contributed by atoms with van der Waals surface area (Å²) in [5.74, 6) is 8.60. The third kappa shape index (κ3) is 4.64. The number of nitrogens with two attached hydrogens (primary N) is 1. The van der Waals surface area contributed by atoms with Gasteiger partial charge in [0.05, 0.1) is 0 Å². The highest BCUT2D eigenvalue weighted by Gasteiger charge is 2.25. The van der Waals surface area contributed by atoms with Crippen molar-refractivity contribution in [2.24, 2.45) is 17.7 Å². The van der Waals surface area contributed by atoms with Crippen LogP contribution in [0.2, 0.25) is 0 Å². The summed E-state index contributed by atoms with van der Waals surface area (Å²) in [6, 6.07) is 0.520. The molecule has 0 amide bonds. The monoisotopic (exact) mass is 244 g/mol. The first-order valence-corrected chi connectivity index (χ1v) is 7.80. The fraction of sp³-hybridized carbons (Fsp3) is 1.00. The van der Waals surface area contributed by atoms with Crippen LogP contribution in [0.25, 0.3) is 0 Å². The number of rotatable bonds is 6. The molecule has 0 bridgehead atoms. The lowest BCUT2D eigenvalue weighted by molar-refractivity contribution is 0.242. The quantitative estimate of drug-likeness (QED) is 0.557. The number of hydrogen-bond donors (Lipinski definition) is 2. The Bertz CT molecular complexity index is 179. The molecule has 0 radical (unpaired) electrons. The lowest BCUT2D eigenvalue weighted by Crippen LogP contribution is -2.44. The summed E-state index contributed by atoms with van der Waals surface area (Å²) < 4.78 is 0. The predicted molar refractivity (Wildman–Crippen MR) is 74.4 cm³/mol. The minimum Gasteiger partial charge on any atom is -0.271 e. The van der Waals surface area contributed by atoms with Gasteiger partial charge in [0.2, 0.25) is 0 Å². The van der Waals surface area contributed by atoms with E-state index in [4.69, 9.17) is 5.84 Å². The lowest BCUT2D eigenvalue weighted by Gasteiger charge is -2.32. The second-order valence-corrected chi connectivity index (χ2v) is 6.82. The largest absolute Gasteiger partial charge is 0.271 e. The Hall–Kier alpha value is 0.270. The van der Waals surface area contributed by atoms with Crippen molar-refractivity contribution in [3.05, 3.63) is 0 Å². The van der Waals surface area contributed by atoms with Gasteiger partial charge in [0.1, 0.15) is 0 Å². The zero-order valence-electron chi connectivity index (χ0n) is 11.0. The minimum absolute atomic E-state index is 0.520. The highest BCUT2D eigenvalue weighted by molar-refractivity contribution is 7.99. The first-order valence-electron chi connectivity index (χ1n) is 6.75. The molecule has 0 spiro atoms. The van der Waals surface area contributed by atoms with Gasteiger partial charge in [-0.25, -0.2) is 0 Å². The third-order valence-corrected chi connectivity index (χ3v) is 5.43. The van der Waals surface area contributed by atoms with E-state index in [-0.39, 0.29) is 0 Å². The van der Waals surface area contributed by atoms with Crippen molar-refractivity contribution >= 4 is 11.8 Å². The molecular formula is C13H28N2S. The third-order valence-electron chi connectivity index (χ3n) is 3.98. The van der Waals surface area contributed by atoms with E-state index in [2.05, 4.69) is 38.0 Å². The van der Waals surface area contributed by atoms with Gasteiger partial charge in [0.25, 0.3) is 0 Å². The summed E-state index contributed by atoms with van der Waals surface area (Å²) in [5.41, 5.74) is 3.05. The van der Waals surface area contributed by atoms with Crippen molar-refractivity contribution in [2.45, 2.75) is 64.2 Å². The van der Waals surface area contributed by atoms with Gasteiger partial charge in [0, 0.05) is 17.0 Å². The Kier molecular flexibility index (Phi) is 6.78. The minimum atomic E-state index is 0.520. The number of thioether (sulfide) groups is 1. The molecule has 0 heterocycles. The Morgan fingerprint density at radius 2 is 1.94 bits per heavy atom. The summed E-state index contributed by atoms with van der Waals surface area (Å²) >= 11 is 2.06. The molecule has 0 saturated heterocycles. The molecule has 1 rings (SSSR count). The van der Waals surface area contributed by atoms with Gasteiger partial charge < -0.3 is 0 Å². The standard InChI is InChI=1S/C13H28N2S/c1-4-11(3)16-9-13(15-14)12-7-5-10(2)6-8-12/h10-13,15H,4-9,14H2,1-3H3. The molecule has 0 aromatic heterocycles. The van der Waals surface area contributed by atoms with Gasteiger partial charge in [-0.15, -0.1) is 0 Å².